The summed E-state index contributed by atoms with van der Waals surface area (Å²) in [6, 6.07) is 7.97. The van der Waals surface area contributed by atoms with Gasteiger partial charge in [0.15, 0.2) is 5.69 Å². The van der Waals surface area contributed by atoms with Crippen molar-refractivity contribution >= 4 is 12.1 Å². The lowest BCUT2D eigenvalue weighted by molar-refractivity contribution is 0.0588. The van der Waals surface area contributed by atoms with Gasteiger partial charge in [0.1, 0.15) is 12.4 Å². The molecule has 2 N–H and O–H groups in total. The molecule has 0 aliphatic rings. The number of hydrogen-bond acceptors (Lipinski definition) is 7. The SMILES string of the molecule is [2H]C([2H])([2H])n1c(C(NC(=O)OCc2ccccc2)(C([2H])([2H])[2H])C([2H])([2H])[2H])nc(C(=O)OC)c(O)c1=O. The molecule has 9 heteroatoms. The summed E-state index contributed by atoms with van der Waals surface area (Å²) in [5.41, 5.74) is -6.41. The number of amides is 1. The van der Waals surface area contributed by atoms with E-state index in [0.717, 1.165) is 7.11 Å². The van der Waals surface area contributed by atoms with Crippen LogP contribution in [-0.4, -0.2) is 33.8 Å². The zero-order chi connectivity index (χ0) is 27.7. The molecule has 1 amide bonds. The van der Waals surface area contributed by atoms with Gasteiger partial charge in [0.25, 0.3) is 5.56 Å². The molecular formula is C18H21N3O6. The molecule has 0 aliphatic heterocycles. The molecule has 27 heavy (non-hydrogen) atoms. The fraction of sp³-hybridized carbons (Fsp3) is 0.333. The first-order valence-electron chi connectivity index (χ1n) is 11.8. The second-order valence-corrected chi connectivity index (χ2v) is 5.20. The number of benzene rings is 1. The first kappa shape index (κ1) is 10.7. The van der Waals surface area contributed by atoms with E-state index in [9.17, 15) is 19.5 Å². The lowest BCUT2D eigenvalue weighted by Crippen LogP contribution is -2.45. The van der Waals surface area contributed by atoms with E-state index in [1.807, 2.05) is 0 Å². The summed E-state index contributed by atoms with van der Waals surface area (Å²) >= 11 is 0. The number of nitrogens with one attached hydrogen (secondary N) is 1. The molecule has 0 bridgehead atoms. The molecule has 0 aliphatic carbocycles. The molecule has 0 radical (unpaired) electrons. The van der Waals surface area contributed by atoms with Crippen molar-refractivity contribution in [1.29, 1.82) is 0 Å². The van der Waals surface area contributed by atoms with Gasteiger partial charge in [-0.25, -0.2) is 14.6 Å². The number of methoxy groups -OCH3 is 1. The maximum Gasteiger partial charge on any atom is 0.408 e. The minimum atomic E-state index is -3.82. The number of alkyl carbamates (subject to hydrolysis) is 1. The maximum atomic E-state index is 12.8. The minimum Gasteiger partial charge on any atom is -0.501 e. The number of nitrogens with zero attached hydrogens (tertiary/aromatic N) is 2. The average Bonchev–Trinajstić information content (AvgIpc) is 2.75. The molecule has 144 valence electrons. The summed E-state index contributed by atoms with van der Waals surface area (Å²) in [5.74, 6) is -4.64. The van der Waals surface area contributed by atoms with Crippen LogP contribution >= 0.6 is 0 Å². The van der Waals surface area contributed by atoms with Crippen LogP contribution in [0, 0.1) is 0 Å². The van der Waals surface area contributed by atoms with Gasteiger partial charge in [-0.3, -0.25) is 9.36 Å². The molecule has 0 unspecified atom stereocenters. The predicted octanol–water partition coefficient (Wildman–Crippen LogP) is 1.43. The summed E-state index contributed by atoms with van der Waals surface area (Å²) in [7, 11) is 0.804. The van der Waals surface area contributed by atoms with Crippen molar-refractivity contribution in [2.24, 2.45) is 6.98 Å². The number of aromatic nitrogens is 2. The lowest BCUT2D eigenvalue weighted by atomic mass is 10.0. The van der Waals surface area contributed by atoms with E-state index in [0.29, 0.717) is 5.56 Å². The van der Waals surface area contributed by atoms with Gasteiger partial charge in [0.2, 0.25) is 5.75 Å². The van der Waals surface area contributed by atoms with Crippen LogP contribution in [0.1, 0.15) is 47.9 Å². The lowest BCUT2D eigenvalue weighted by Gasteiger charge is -2.27. The first-order valence-corrected chi connectivity index (χ1v) is 7.32. The fourth-order valence-corrected chi connectivity index (χ4v) is 1.97. The molecule has 1 aromatic heterocycles. The van der Waals surface area contributed by atoms with Crippen LogP contribution in [0.2, 0.25) is 0 Å². The van der Waals surface area contributed by atoms with Crippen LogP contribution in [0.4, 0.5) is 4.79 Å². The van der Waals surface area contributed by atoms with Gasteiger partial charge in [-0.2, -0.15) is 0 Å². The number of carbonyl (C=O) groups is 2. The van der Waals surface area contributed by atoms with Crippen LogP contribution < -0.4 is 10.9 Å². The molecule has 2 rings (SSSR count). The van der Waals surface area contributed by atoms with E-state index in [1.54, 1.807) is 35.6 Å². The Morgan fingerprint density at radius 3 is 2.63 bits per heavy atom. The Hall–Kier alpha value is -3.36. The van der Waals surface area contributed by atoms with Crippen LogP contribution in [0.5, 0.6) is 5.75 Å². The van der Waals surface area contributed by atoms with Gasteiger partial charge in [-0.05, 0) is 19.3 Å². The Labute approximate surface area is 168 Å². The van der Waals surface area contributed by atoms with Crippen LogP contribution in [-0.2, 0) is 28.6 Å². The second kappa shape index (κ2) is 7.90. The van der Waals surface area contributed by atoms with Crippen molar-refractivity contribution < 1.29 is 36.5 Å². The third-order valence-corrected chi connectivity index (χ3v) is 3.28. The van der Waals surface area contributed by atoms with Gasteiger partial charge in [-0.15, -0.1) is 0 Å². The molecule has 0 saturated heterocycles. The standard InChI is InChI=1S/C18H21N3O6/c1-18(2,20-17(25)27-10-11-8-6-5-7-9-11)16-19-12(15(24)26-4)13(22)14(23)21(16)3/h5-9,22H,10H2,1-4H3,(H,20,25)/i1D3,2D3,3D3. The summed E-state index contributed by atoms with van der Waals surface area (Å²) < 4.78 is 79.6. The molecule has 1 aromatic carbocycles. The monoisotopic (exact) mass is 384 g/mol. The largest absolute Gasteiger partial charge is 0.501 e. The Balaban J connectivity index is 2.87. The second-order valence-electron chi connectivity index (χ2n) is 5.20. The van der Waals surface area contributed by atoms with E-state index in [1.165, 1.54) is 0 Å². The number of rotatable bonds is 5. The third-order valence-electron chi connectivity index (χ3n) is 3.28. The Bertz CT molecular complexity index is 1180. The molecule has 0 spiro atoms. The zero-order valence-corrected chi connectivity index (χ0v) is 14.0. The average molecular weight is 384 g/mol. The Morgan fingerprint density at radius 2 is 2.04 bits per heavy atom. The fourth-order valence-electron chi connectivity index (χ4n) is 1.97. The number of aromatic hydroxyl groups is 1. The number of esters is 1. The van der Waals surface area contributed by atoms with Crippen LogP contribution in [0.25, 0.3) is 0 Å². The summed E-state index contributed by atoms with van der Waals surface area (Å²) in [6.45, 7) is -11.7. The molecule has 1 heterocycles. The van der Waals surface area contributed by atoms with Gasteiger partial charge in [0.05, 0.1) is 12.6 Å². The van der Waals surface area contributed by atoms with Crippen molar-refractivity contribution in [3.05, 3.63) is 57.8 Å². The highest BCUT2D eigenvalue weighted by Gasteiger charge is 2.31. The topological polar surface area (TPSA) is 120 Å². The highest BCUT2D eigenvalue weighted by atomic mass is 16.5. The highest BCUT2D eigenvalue weighted by molar-refractivity contribution is 5.89. The quantitative estimate of drug-likeness (QED) is 0.748. The normalized spacial score (nSPS) is 17.3. The molecule has 2 aromatic rings. The van der Waals surface area contributed by atoms with Gasteiger partial charge in [0, 0.05) is 19.3 Å². The van der Waals surface area contributed by atoms with Crippen LogP contribution in [0.3, 0.4) is 0 Å². The van der Waals surface area contributed by atoms with E-state index < -0.39 is 72.3 Å². The number of carbonyl (C=O) groups excluding carboxylic acids is 2. The zero-order valence-electron chi connectivity index (χ0n) is 23.0. The molecule has 9 nitrogen and oxygen atoms in total. The third kappa shape index (κ3) is 4.43. The van der Waals surface area contributed by atoms with Crippen molar-refractivity contribution in [2.75, 3.05) is 7.11 Å². The van der Waals surface area contributed by atoms with Crippen molar-refractivity contribution in [3.8, 4) is 5.75 Å². The van der Waals surface area contributed by atoms with E-state index in [2.05, 4.69) is 9.72 Å². The molecule has 0 atom stereocenters. The summed E-state index contributed by atoms with van der Waals surface area (Å²) in [6.07, 6.45) is -1.62. The van der Waals surface area contributed by atoms with Gasteiger partial charge < -0.3 is 19.9 Å². The molecule has 0 saturated carbocycles. The van der Waals surface area contributed by atoms with E-state index >= 15 is 0 Å². The highest BCUT2D eigenvalue weighted by Crippen LogP contribution is 2.20. The van der Waals surface area contributed by atoms with Crippen molar-refractivity contribution in [1.82, 2.24) is 14.9 Å². The predicted molar refractivity (Wildman–Crippen MR) is 95.3 cm³/mol. The van der Waals surface area contributed by atoms with E-state index in [4.69, 9.17) is 17.1 Å². The van der Waals surface area contributed by atoms with E-state index in [-0.39, 0.29) is 0 Å². The molecule has 0 fully saturated rings. The summed E-state index contributed by atoms with van der Waals surface area (Å²) in [5, 5.41) is 11.7. The number of ether oxygens (including phenoxy) is 2. The van der Waals surface area contributed by atoms with Crippen LogP contribution in [0.15, 0.2) is 35.1 Å². The summed E-state index contributed by atoms with van der Waals surface area (Å²) in [4.78, 5) is 40.9. The van der Waals surface area contributed by atoms with Gasteiger partial charge in [-0.1, -0.05) is 30.3 Å². The molecular weight excluding hydrogens is 354 g/mol. The van der Waals surface area contributed by atoms with Gasteiger partial charge >= 0.3 is 12.1 Å². The minimum absolute atomic E-state index is 0.398. The maximum absolute atomic E-state index is 12.8. The van der Waals surface area contributed by atoms with Crippen molar-refractivity contribution in [3.63, 3.8) is 0 Å². The number of hydrogen-bond donors (Lipinski definition) is 2. The Morgan fingerprint density at radius 1 is 1.33 bits per heavy atom. The first-order chi connectivity index (χ1) is 16.4. The Kier molecular flexibility index (Phi) is 3.13. The van der Waals surface area contributed by atoms with Crippen molar-refractivity contribution in [2.45, 2.75) is 25.8 Å². The smallest absolute Gasteiger partial charge is 0.408 e.